The summed E-state index contributed by atoms with van der Waals surface area (Å²) in [4.78, 5) is 29.4. The normalized spacial score (nSPS) is 13.3. The predicted octanol–water partition coefficient (Wildman–Crippen LogP) is 5.45. The van der Waals surface area contributed by atoms with Gasteiger partial charge in [0.1, 0.15) is 5.38 Å². The van der Waals surface area contributed by atoms with Crippen molar-refractivity contribution in [3.8, 4) is 0 Å². The lowest BCUT2D eigenvalue weighted by molar-refractivity contribution is -0.142. The van der Waals surface area contributed by atoms with Gasteiger partial charge in [-0.05, 0) is 43.2 Å². The second kappa shape index (κ2) is 10.2. The van der Waals surface area contributed by atoms with E-state index in [1.54, 1.807) is 6.92 Å². The molecule has 31 heavy (non-hydrogen) atoms. The molecule has 168 valence electrons. The zero-order chi connectivity index (χ0) is 23.3. The fourth-order valence-electron chi connectivity index (χ4n) is 3.38. The smallest absolute Gasteiger partial charge is 0.242 e. The Morgan fingerprint density at radius 3 is 2.16 bits per heavy atom. The average molecular weight is 444 g/mol. The number of halogens is 1. The summed E-state index contributed by atoms with van der Waals surface area (Å²) in [5.74, 6) is -0.192. The van der Waals surface area contributed by atoms with E-state index < -0.39 is 10.8 Å². The fraction of sp³-hybridized carbons (Fsp3) is 0.440. The summed E-state index contributed by atoms with van der Waals surface area (Å²) in [5, 5.41) is 2.22. The monoisotopic (exact) mass is 443 g/mol. The topological polar surface area (TPSA) is 52.7 Å². The van der Waals surface area contributed by atoms with Gasteiger partial charge in [0.15, 0.2) is 0 Å². The molecule has 0 heterocycles. The highest BCUT2D eigenvalue weighted by Crippen LogP contribution is 2.32. The molecule has 5 nitrogen and oxygen atoms in total. The van der Waals surface area contributed by atoms with Gasteiger partial charge in [-0.15, -0.1) is 11.6 Å². The van der Waals surface area contributed by atoms with E-state index in [2.05, 4.69) is 12.2 Å². The van der Waals surface area contributed by atoms with Crippen LogP contribution in [-0.2, 0) is 16.1 Å². The van der Waals surface area contributed by atoms with Gasteiger partial charge in [0.2, 0.25) is 11.8 Å². The molecule has 0 aliphatic carbocycles. The van der Waals surface area contributed by atoms with Gasteiger partial charge >= 0.3 is 0 Å². The number of hydrogen-bond acceptors (Lipinski definition) is 3. The third-order valence-corrected chi connectivity index (χ3v) is 5.38. The molecule has 2 unspecified atom stereocenters. The lowest BCUT2D eigenvalue weighted by Gasteiger charge is -2.35. The first-order valence-corrected chi connectivity index (χ1v) is 11.0. The molecule has 0 spiro atoms. The van der Waals surface area contributed by atoms with Crippen LogP contribution in [0.1, 0.15) is 51.8 Å². The van der Waals surface area contributed by atoms with E-state index in [9.17, 15) is 9.59 Å². The van der Waals surface area contributed by atoms with Gasteiger partial charge in [0, 0.05) is 37.4 Å². The average Bonchev–Trinajstić information content (AvgIpc) is 2.70. The summed E-state index contributed by atoms with van der Waals surface area (Å²) in [6.45, 7) is 9.91. The van der Waals surface area contributed by atoms with Crippen molar-refractivity contribution in [1.29, 1.82) is 0 Å². The van der Waals surface area contributed by atoms with Crippen molar-refractivity contribution in [1.82, 2.24) is 4.90 Å². The van der Waals surface area contributed by atoms with Gasteiger partial charge in [0.05, 0.1) is 6.04 Å². The van der Waals surface area contributed by atoms with Crippen LogP contribution in [0.5, 0.6) is 0 Å². The van der Waals surface area contributed by atoms with Gasteiger partial charge in [-0.25, -0.2) is 0 Å². The zero-order valence-corrected chi connectivity index (χ0v) is 20.3. The Bertz CT molecular complexity index is 905. The SMILES string of the molecule is CC(Cl)C(=O)Nc1ccc(N(C)C)c(CN(C(=O)C(C)(C)C)C(C)c2ccccc2)c1. The number of carbonyl (C=O) groups is 2. The highest BCUT2D eigenvalue weighted by molar-refractivity contribution is 6.32. The first kappa shape index (κ1) is 24.7. The van der Waals surface area contributed by atoms with Gasteiger partial charge in [-0.3, -0.25) is 9.59 Å². The third kappa shape index (κ3) is 6.47. The van der Waals surface area contributed by atoms with E-state index in [0.29, 0.717) is 12.2 Å². The number of benzene rings is 2. The van der Waals surface area contributed by atoms with Crippen molar-refractivity contribution >= 4 is 34.8 Å². The van der Waals surface area contributed by atoms with Gasteiger partial charge in [0.25, 0.3) is 0 Å². The molecule has 0 saturated heterocycles. The van der Waals surface area contributed by atoms with Crippen LogP contribution >= 0.6 is 11.6 Å². The molecular formula is C25H34ClN3O2. The Morgan fingerprint density at radius 1 is 1.03 bits per heavy atom. The van der Waals surface area contributed by atoms with Crippen LogP contribution in [0.3, 0.4) is 0 Å². The van der Waals surface area contributed by atoms with Crippen molar-refractivity contribution in [2.75, 3.05) is 24.3 Å². The minimum atomic E-state index is -0.631. The summed E-state index contributed by atoms with van der Waals surface area (Å²) < 4.78 is 0. The summed E-state index contributed by atoms with van der Waals surface area (Å²) in [7, 11) is 3.93. The van der Waals surface area contributed by atoms with Crippen molar-refractivity contribution in [2.24, 2.45) is 5.41 Å². The predicted molar refractivity (Wildman–Crippen MR) is 130 cm³/mol. The Morgan fingerprint density at radius 2 is 1.65 bits per heavy atom. The van der Waals surface area contributed by atoms with Gasteiger partial charge in [-0.2, -0.15) is 0 Å². The first-order valence-electron chi connectivity index (χ1n) is 10.5. The van der Waals surface area contributed by atoms with Crippen LogP contribution in [-0.4, -0.2) is 36.2 Å². The number of nitrogens with zero attached hydrogens (tertiary/aromatic N) is 2. The molecule has 0 aliphatic rings. The molecular weight excluding hydrogens is 410 g/mol. The molecule has 2 rings (SSSR count). The lowest BCUT2D eigenvalue weighted by Crippen LogP contribution is -2.40. The highest BCUT2D eigenvalue weighted by atomic mass is 35.5. The standard InChI is InChI=1S/C25H34ClN3O2/c1-17(26)23(30)27-21-13-14-22(28(6)7)20(15-21)16-29(24(31)25(3,4)5)18(2)19-11-9-8-10-12-19/h8-15,17-18H,16H2,1-7H3,(H,27,30). The molecule has 0 radical (unpaired) electrons. The number of rotatable bonds is 7. The zero-order valence-electron chi connectivity index (χ0n) is 19.6. The third-order valence-electron chi connectivity index (χ3n) is 5.18. The fourth-order valence-corrected chi connectivity index (χ4v) is 3.43. The van der Waals surface area contributed by atoms with Crippen molar-refractivity contribution in [2.45, 2.75) is 52.6 Å². The number of hydrogen-bond donors (Lipinski definition) is 1. The maximum atomic E-state index is 13.4. The number of alkyl halides is 1. The van der Waals surface area contributed by atoms with Crippen LogP contribution < -0.4 is 10.2 Å². The number of anilines is 2. The number of carbonyl (C=O) groups excluding carboxylic acids is 2. The van der Waals surface area contributed by atoms with Crippen LogP contribution in [0.15, 0.2) is 48.5 Å². The van der Waals surface area contributed by atoms with E-state index in [4.69, 9.17) is 11.6 Å². The largest absolute Gasteiger partial charge is 0.377 e. The van der Waals surface area contributed by atoms with E-state index in [1.807, 2.05) is 93.2 Å². The molecule has 0 bridgehead atoms. The summed E-state index contributed by atoms with van der Waals surface area (Å²) >= 11 is 5.91. The maximum absolute atomic E-state index is 13.4. The highest BCUT2D eigenvalue weighted by Gasteiger charge is 2.31. The molecule has 0 aromatic heterocycles. The Balaban J connectivity index is 2.48. The summed E-state index contributed by atoms with van der Waals surface area (Å²) in [6, 6.07) is 15.7. The van der Waals surface area contributed by atoms with Crippen LogP contribution in [0.25, 0.3) is 0 Å². The molecule has 2 amide bonds. The quantitative estimate of drug-likeness (QED) is 0.578. The van der Waals surface area contributed by atoms with E-state index >= 15 is 0 Å². The van der Waals surface area contributed by atoms with E-state index in [0.717, 1.165) is 16.8 Å². The number of amides is 2. The molecule has 2 atom stereocenters. The van der Waals surface area contributed by atoms with E-state index in [-0.39, 0.29) is 17.9 Å². The maximum Gasteiger partial charge on any atom is 0.242 e. The molecule has 1 N–H and O–H groups in total. The van der Waals surface area contributed by atoms with Crippen LogP contribution in [0.4, 0.5) is 11.4 Å². The van der Waals surface area contributed by atoms with Crippen molar-refractivity contribution in [3.63, 3.8) is 0 Å². The first-order chi connectivity index (χ1) is 14.4. The molecule has 0 fully saturated rings. The van der Waals surface area contributed by atoms with Crippen molar-refractivity contribution < 1.29 is 9.59 Å². The van der Waals surface area contributed by atoms with Crippen molar-refractivity contribution in [3.05, 3.63) is 59.7 Å². The Kier molecular flexibility index (Phi) is 8.13. The van der Waals surface area contributed by atoms with E-state index in [1.165, 1.54) is 0 Å². The minimum Gasteiger partial charge on any atom is -0.377 e. The second-order valence-corrected chi connectivity index (χ2v) is 9.77. The molecule has 0 aliphatic heterocycles. The minimum absolute atomic E-state index is 0.0670. The molecule has 2 aromatic rings. The van der Waals surface area contributed by atoms with Gasteiger partial charge < -0.3 is 15.1 Å². The Labute approximate surface area is 191 Å². The number of nitrogens with one attached hydrogen (secondary N) is 1. The Hall–Kier alpha value is -2.53. The molecule has 2 aromatic carbocycles. The van der Waals surface area contributed by atoms with Gasteiger partial charge in [-0.1, -0.05) is 51.1 Å². The summed E-state index contributed by atoms with van der Waals surface area (Å²) in [6.07, 6.45) is 0. The second-order valence-electron chi connectivity index (χ2n) is 9.11. The molecule has 6 heteroatoms. The van der Waals surface area contributed by atoms with Crippen LogP contribution in [0, 0.1) is 5.41 Å². The lowest BCUT2D eigenvalue weighted by atomic mass is 9.92. The molecule has 0 saturated carbocycles. The van der Waals surface area contributed by atoms with Crippen LogP contribution in [0.2, 0.25) is 0 Å². The summed E-state index contributed by atoms with van der Waals surface area (Å²) in [5.41, 5.74) is 3.15.